The molecule has 0 saturated heterocycles. The molecule has 0 unspecified atom stereocenters. The highest BCUT2D eigenvalue weighted by Gasteiger charge is 2.23. The summed E-state index contributed by atoms with van der Waals surface area (Å²) in [5.74, 6) is 0.949. The van der Waals surface area contributed by atoms with E-state index in [4.69, 9.17) is 5.10 Å². The Kier molecular flexibility index (Phi) is 5.08. The molecule has 0 aromatic carbocycles. The molecule has 31 heavy (non-hydrogen) atoms. The number of fused-ring (bicyclic) bond motifs is 1. The maximum atomic E-state index is 13.2. The van der Waals surface area contributed by atoms with Crippen molar-refractivity contribution in [2.75, 3.05) is 5.32 Å². The van der Waals surface area contributed by atoms with Crippen LogP contribution in [-0.4, -0.2) is 35.4 Å². The zero-order valence-corrected chi connectivity index (χ0v) is 18.7. The van der Waals surface area contributed by atoms with E-state index in [0.29, 0.717) is 22.9 Å². The van der Waals surface area contributed by atoms with Crippen LogP contribution in [0.1, 0.15) is 62.4 Å². The van der Waals surface area contributed by atoms with Gasteiger partial charge in [-0.2, -0.15) is 14.9 Å². The quantitative estimate of drug-likeness (QED) is 0.530. The Morgan fingerprint density at radius 2 is 1.94 bits per heavy atom. The van der Waals surface area contributed by atoms with Crippen LogP contribution < -0.4 is 5.32 Å². The maximum Gasteiger partial charge on any atom is 0.258 e. The lowest BCUT2D eigenvalue weighted by Crippen LogP contribution is -2.17. The average molecular weight is 418 g/mol. The van der Waals surface area contributed by atoms with E-state index in [1.54, 1.807) is 17.1 Å². The van der Waals surface area contributed by atoms with Gasteiger partial charge in [0.1, 0.15) is 5.82 Å². The summed E-state index contributed by atoms with van der Waals surface area (Å²) in [4.78, 5) is 22.3. The molecule has 4 aromatic heterocycles. The molecule has 1 amide bonds. The van der Waals surface area contributed by atoms with E-state index in [0.717, 1.165) is 16.7 Å². The van der Waals surface area contributed by atoms with Crippen molar-refractivity contribution < 1.29 is 4.79 Å². The summed E-state index contributed by atoms with van der Waals surface area (Å²) in [5.41, 5.74) is 2.60. The summed E-state index contributed by atoms with van der Waals surface area (Å²) in [6.45, 7) is 12.2. The van der Waals surface area contributed by atoms with Crippen LogP contribution in [0.3, 0.4) is 0 Å². The first-order valence-corrected chi connectivity index (χ1v) is 10.3. The van der Waals surface area contributed by atoms with E-state index < -0.39 is 0 Å². The Labute approximate surface area is 181 Å². The van der Waals surface area contributed by atoms with Crippen LogP contribution in [0.15, 0.2) is 42.7 Å². The summed E-state index contributed by atoms with van der Waals surface area (Å²) in [5, 5.41) is 12.9. The predicted molar refractivity (Wildman–Crippen MR) is 121 cm³/mol. The number of carbonyl (C=O) groups excluding carboxylic acids is 1. The van der Waals surface area contributed by atoms with Crippen LogP contribution >= 0.6 is 0 Å². The van der Waals surface area contributed by atoms with Crippen molar-refractivity contribution in [1.82, 2.24) is 29.5 Å². The van der Waals surface area contributed by atoms with Crippen LogP contribution in [0.5, 0.6) is 0 Å². The maximum absolute atomic E-state index is 13.2. The van der Waals surface area contributed by atoms with Gasteiger partial charge in [-0.25, -0.2) is 14.6 Å². The normalized spacial score (nSPS) is 12.0. The lowest BCUT2D eigenvalue weighted by molar-refractivity contribution is 0.102. The third-order valence-corrected chi connectivity index (χ3v) is 5.08. The average Bonchev–Trinajstić information content (AvgIpc) is 3.31. The number of nitrogens with zero attached hydrogens (tertiary/aromatic N) is 6. The van der Waals surface area contributed by atoms with Gasteiger partial charge >= 0.3 is 0 Å². The Balaban J connectivity index is 1.73. The molecule has 4 aromatic rings. The van der Waals surface area contributed by atoms with Crippen LogP contribution in [0, 0.1) is 6.92 Å². The number of nitrogens with one attached hydrogen (secondary N) is 1. The lowest BCUT2D eigenvalue weighted by Gasteiger charge is -2.13. The molecular formula is C23H27N7O. The van der Waals surface area contributed by atoms with Crippen molar-refractivity contribution in [3.05, 3.63) is 59.7 Å². The Morgan fingerprint density at radius 1 is 1.16 bits per heavy atom. The summed E-state index contributed by atoms with van der Waals surface area (Å²) in [6.07, 6.45) is 3.45. The van der Waals surface area contributed by atoms with Crippen LogP contribution in [-0.2, 0) is 5.41 Å². The van der Waals surface area contributed by atoms with Crippen molar-refractivity contribution in [3.63, 3.8) is 0 Å². The molecule has 0 bridgehead atoms. The number of hydrogen-bond acceptors (Lipinski definition) is 5. The van der Waals surface area contributed by atoms with E-state index in [9.17, 15) is 4.79 Å². The van der Waals surface area contributed by atoms with Gasteiger partial charge in [0.15, 0.2) is 11.5 Å². The minimum absolute atomic E-state index is 0.179. The highest BCUT2D eigenvalue weighted by Crippen LogP contribution is 2.27. The minimum atomic E-state index is -0.248. The SMILES string of the molecule is Cc1nc2c(cnn2C(C)C)cc1C(=O)Nc1cc(C(C)(C)C)nn1-c1ccccn1. The lowest BCUT2D eigenvalue weighted by atomic mass is 9.92. The van der Waals surface area contributed by atoms with Crippen molar-refractivity contribution >= 4 is 22.8 Å². The molecule has 8 heteroatoms. The Bertz CT molecular complexity index is 1250. The number of carbonyl (C=O) groups is 1. The van der Waals surface area contributed by atoms with Crippen LogP contribution in [0.4, 0.5) is 5.82 Å². The standard InChI is InChI=1S/C23H27N7O/c1-14(2)29-21-16(13-25-29)11-17(15(3)26-21)22(31)27-20-12-18(23(4,5)6)28-30(20)19-9-7-8-10-24-19/h7-14H,1-6H3,(H,27,31). The minimum Gasteiger partial charge on any atom is -0.306 e. The summed E-state index contributed by atoms with van der Waals surface area (Å²) in [6, 6.07) is 9.51. The highest BCUT2D eigenvalue weighted by molar-refractivity contribution is 6.06. The monoisotopic (exact) mass is 417 g/mol. The molecule has 0 aliphatic rings. The van der Waals surface area contributed by atoms with Gasteiger partial charge < -0.3 is 5.32 Å². The number of aromatic nitrogens is 6. The third kappa shape index (κ3) is 3.93. The fraction of sp³-hybridized carbons (Fsp3) is 0.348. The zero-order chi connectivity index (χ0) is 22.3. The largest absolute Gasteiger partial charge is 0.306 e. The van der Waals surface area contributed by atoms with Gasteiger partial charge in [-0.3, -0.25) is 4.79 Å². The zero-order valence-electron chi connectivity index (χ0n) is 18.7. The van der Waals surface area contributed by atoms with Gasteiger partial charge in [0.05, 0.1) is 23.1 Å². The second-order valence-electron chi connectivity index (χ2n) is 8.94. The second kappa shape index (κ2) is 7.61. The van der Waals surface area contributed by atoms with Gasteiger partial charge in [-0.05, 0) is 39.0 Å². The molecule has 0 saturated carbocycles. The molecule has 0 aliphatic heterocycles. The van der Waals surface area contributed by atoms with Crippen LogP contribution in [0.25, 0.3) is 16.9 Å². The first-order valence-electron chi connectivity index (χ1n) is 10.3. The van der Waals surface area contributed by atoms with E-state index in [1.165, 1.54) is 0 Å². The van der Waals surface area contributed by atoms with E-state index in [2.05, 4.69) is 55.0 Å². The molecule has 4 rings (SSSR count). The smallest absolute Gasteiger partial charge is 0.258 e. The van der Waals surface area contributed by atoms with Gasteiger partial charge in [-0.1, -0.05) is 26.8 Å². The number of rotatable bonds is 4. The van der Waals surface area contributed by atoms with Crippen LogP contribution in [0.2, 0.25) is 0 Å². The van der Waals surface area contributed by atoms with Crippen molar-refractivity contribution in [2.45, 2.75) is 53.0 Å². The molecule has 0 radical (unpaired) electrons. The van der Waals surface area contributed by atoms with Crippen molar-refractivity contribution in [2.24, 2.45) is 0 Å². The van der Waals surface area contributed by atoms with Gasteiger partial charge in [0, 0.05) is 29.1 Å². The molecule has 0 aliphatic carbocycles. The van der Waals surface area contributed by atoms with Crippen molar-refractivity contribution in [1.29, 1.82) is 0 Å². The van der Waals surface area contributed by atoms with E-state index in [1.807, 2.05) is 41.9 Å². The second-order valence-corrected chi connectivity index (χ2v) is 8.94. The Hall–Kier alpha value is -3.55. The molecule has 8 nitrogen and oxygen atoms in total. The molecule has 0 spiro atoms. The summed E-state index contributed by atoms with van der Waals surface area (Å²) in [7, 11) is 0. The van der Waals surface area contributed by atoms with Crippen molar-refractivity contribution in [3.8, 4) is 5.82 Å². The van der Waals surface area contributed by atoms with E-state index >= 15 is 0 Å². The summed E-state index contributed by atoms with van der Waals surface area (Å²) >= 11 is 0. The highest BCUT2D eigenvalue weighted by atomic mass is 16.1. The van der Waals surface area contributed by atoms with E-state index in [-0.39, 0.29) is 17.4 Å². The molecule has 0 atom stereocenters. The van der Waals surface area contributed by atoms with Gasteiger partial charge in [-0.15, -0.1) is 0 Å². The third-order valence-electron chi connectivity index (χ3n) is 5.08. The fourth-order valence-electron chi connectivity index (χ4n) is 3.35. The topological polar surface area (TPSA) is 90.5 Å². The number of pyridine rings is 2. The first-order chi connectivity index (χ1) is 14.6. The number of aryl methyl sites for hydroxylation is 1. The molecule has 0 fully saturated rings. The fourth-order valence-corrected chi connectivity index (χ4v) is 3.35. The molecular weight excluding hydrogens is 390 g/mol. The number of amides is 1. The number of anilines is 1. The number of hydrogen-bond donors (Lipinski definition) is 1. The van der Waals surface area contributed by atoms with Gasteiger partial charge in [0.25, 0.3) is 5.91 Å². The predicted octanol–water partition coefficient (Wildman–Crippen LogP) is 4.45. The Morgan fingerprint density at radius 3 is 2.58 bits per heavy atom. The van der Waals surface area contributed by atoms with Gasteiger partial charge in [0.2, 0.25) is 0 Å². The summed E-state index contributed by atoms with van der Waals surface area (Å²) < 4.78 is 3.52. The molecule has 4 heterocycles. The first kappa shape index (κ1) is 20.7. The molecule has 160 valence electrons. The molecule has 1 N–H and O–H groups in total.